The van der Waals surface area contributed by atoms with E-state index in [-0.39, 0.29) is 6.54 Å². The number of rotatable bonds is 5. The van der Waals surface area contributed by atoms with Crippen molar-refractivity contribution in [3.05, 3.63) is 71.0 Å². The topological polar surface area (TPSA) is 88.2 Å². The zero-order chi connectivity index (χ0) is 20.1. The fourth-order valence-corrected chi connectivity index (χ4v) is 3.53. The van der Waals surface area contributed by atoms with Crippen molar-refractivity contribution < 1.29 is 13.8 Å². The summed E-state index contributed by atoms with van der Waals surface area (Å²) in [6, 6.07) is 14.3. The quantitative estimate of drug-likeness (QED) is 0.495. The summed E-state index contributed by atoms with van der Waals surface area (Å²) in [5.41, 5.74) is 2.26. The first-order valence-electron chi connectivity index (χ1n) is 8.43. The van der Waals surface area contributed by atoms with Crippen LogP contribution in [0.5, 0.6) is 0 Å². The summed E-state index contributed by atoms with van der Waals surface area (Å²) in [5.74, 6) is -1.02. The molecule has 3 aromatic rings. The van der Waals surface area contributed by atoms with Crippen LogP contribution in [0, 0.1) is 0 Å². The lowest BCUT2D eigenvalue weighted by Crippen LogP contribution is -2.34. The summed E-state index contributed by atoms with van der Waals surface area (Å²) >= 11 is 6.06. The number of benzene rings is 2. The van der Waals surface area contributed by atoms with Gasteiger partial charge in [0, 0.05) is 46.6 Å². The van der Waals surface area contributed by atoms with Gasteiger partial charge in [0.05, 0.1) is 0 Å². The van der Waals surface area contributed by atoms with Gasteiger partial charge in [0.1, 0.15) is 5.15 Å². The maximum Gasteiger partial charge on any atom is 0.313 e. The second-order valence-corrected chi connectivity index (χ2v) is 8.00. The number of amides is 2. The first kappa shape index (κ1) is 20.0. The third kappa shape index (κ3) is 5.15. The predicted molar refractivity (Wildman–Crippen MR) is 111 cm³/mol. The maximum atomic E-state index is 12.1. The summed E-state index contributed by atoms with van der Waals surface area (Å²) in [7, 11) is -0.905. The number of hydrogen-bond acceptors (Lipinski definition) is 4. The van der Waals surface area contributed by atoms with Crippen LogP contribution >= 0.6 is 11.6 Å². The summed E-state index contributed by atoms with van der Waals surface area (Å²) in [6.45, 7) is 0.217. The Morgan fingerprint density at radius 3 is 2.46 bits per heavy atom. The van der Waals surface area contributed by atoms with E-state index in [0.29, 0.717) is 22.0 Å². The number of nitrogens with zero attached hydrogens (tertiary/aromatic N) is 1. The summed E-state index contributed by atoms with van der Waals surface area (Å²) in [5, 5.41) is 7.04. The smallest absolute Gasteiger partial charge is 0.313 e. The molecule has 28 heavy (non-hydrogen) atoms. The Balaban J connectivity index is 1.58. The van der Waals surface area contributed by atoms with Crippen LogP contribution in [0.2, 0.25) is 5.15 Å². The van der Waals surface area contributed by atoms with Gasteiger partial charge in [0.2, 0.25) is 0 Å². The number of anilines is 1. The third-order valence-corrected chi connectivity index (χ3v) is 5.07. The highest BCUT2D eigenvalue weighted by Gasteiger charge is 2.14. The Bertz CT molecular complexity index is 1050. The monoisotopic (exact) mass is 415 g/mol. The zero-order valence-corrected chi connectivity index (χ0v) is 16.6. The molecule has 1 unspecified atom stereocenters. The van der Waals surface area contributed by atoms with Gasteiger partial charge < -0.3 is 10.6 Å². The van der Waals surface area contributed by atoms with E-state index in [4.69, 9.17) is 11.6 Å². The van der Waals surface area contributed by atoms with E-state index >= 15 is 0 Å². The predicted octanol–water partition coefficient (Wildman–Crippen LogP) is 3.02. The van der Waals surface area contributed by atoms with Gasteiger partial charge in [-0.05, 0) is 34.7 Å². The van der Waals surface area contributed by atoms with Crippen molar-refractivity contribution in [2.45, 2.75) is 12.3 Å². The molecule has 0 radical (unpaired) electrons. The number of nitrogens with one attached hydrogen (secondary N) is 2. The molecule has 1 aromatic heterocycles. The molecular weight excluding hydrogens is 398 g/mol. The molecule has 3 rings (SSSR count). The largest absolute Gasteiger partial charge is 0.344 e. The standard InChI is InChI=1S/C20H18ClN3O3S/c1-28(27)12-14-4-2-13(3-5-14)11-23-19(25)20(26)24-16-7-6-15-8-9-22-18(21)17(15)10-16/h2-10H,11-12H2,1H3,(H,23,25)(H,24,26). The number of carbonyl (C=O) groups excluding carboxylic acids is 2. The molecule has 6 nitrogen and oxygen atoms in total. The summed E-state index contributed by atoms with van der Waals surface area (Å²) in [4.78, 5) is 28.2. The molecule has 0 aliphatic heterocycles. The van der Waals surface area contributed by atoms with Crippen LogP contribution in [-0.4, -0.2) is 27.3 Å². The van der Waals surface area contributed by atoms with Crippen molar-refractivity contribution in [2.75, 3.05) is 11.6 Å². The first-order chi connectivity index (χ1) is 13.4. The Kier molecular flexibility index (Phi) is 6.38. The average Bonchev–Trinajstić information content (AvgIpc) is 2.67. The fourth-order valence-electron chi connectivity index (χ4n) is 2.65. The van der Waals surface area contributed by atoms with Gasteiger partial charge in [-0.3, -0.25) is 13.8 Å². The molecule has 0 saturated carbocycles. The molecule has 2 amide bonds. The molecule has 1 atom stereocenters. The molecule has 2 aromatic carbocycles. The van der Waals surface area contributed by atoms with Crippen LogP contribution in [0.25, 0.3) is 10.8 Å². The summed E-state index contributed by atoms with van der Waals surface area (Å²) < 4.78 is 11.2. The molecule has 0 fully saturated rings. The molecule has 0 aliphatic rings. The Labute approximate surface area is 169 Å². The lowest BCUT2D eigenvalue weighted by atomic mass is 10.1. The Morgan fingerprint density at radius 1 is 1.04 bits per heavy atom. The number of fused-ring (bicyclic) bond motifs is 1. The fraction of sp³-hybridized carbons (Fsp3) is 0.150. The van der Waals surface area contributed by atoms with Gasteiger partial charge in [-0.1, -0.05) is 41.9 Å². The van der Waals surface area contributed by atoms with Crippen LogP contribution in [-0.2, 0) is 32.7 Å². The SMILES string of the molecule is CS(=O)Cc1ccc(CNC(=O)C(=O)Nc2ccc3ccnc(Cl)c3c2)cc1. The van der Waals surface area contributed by atoms with E-state index in [0.717, 1.165) is 16.5 Å². The van der Waals surface area contributed by atoms with Crippen LogP contribution in [0.3, 0.4) is 0 Å². The highest BCUT2D eigenvalue weighted by Crippen LogP contribution is 2.24. The van der Waals surface area contributed by atoms with E-state index in [1.54, 1.807) is 30.7 Å². The van der Waals surface area contributed by atoms with Gasteiger partial charge in [-0.15, -0.1) is 0 Å². The molecule has 2 N–H and O–H groups in total. The third-order valence-electron chi connectivity index (χ3n) is 4.03. The van der Waals surface area contributed by atoms with E-state index in [2.05, 4.69) is 15.6 Å². The molecule has 8 heteroatoms. The molecular formula is C20H18ClN3O3S. The van der Waals surface area contributed by atoms with E-state index in [9.17, 15) is 13.8 Å². The van der Waals surface area contributed by atoms with E-state index in [1.165, 1.54) is 0 Å². The maximum absolute atomic E-state index is 12.1. The number of carbonyl (C=O) groups is 2. The molecule has 1 heterocycles. The van der Waals surface area contributed by atoms with Crippen molar-refractivity contribution in [3.8, 4) is 0 Å². The van der Waals surface area contributed by atoms with Crippen LogP contribution in [0.4, 0.5) is 5.69 Å². The van der Waals surface area contributed by atoms with Gasteiger partial charge in [0.25, 0.3) is 0 Å². The lowest BCUT2D eigenvalue weighted by molar-refractivity contribution is -0.136. The van der Waals surface area contributed by atoms with E-state index in [1.807, 2.05) is 30.3 Å². The second-order valence-electron chi connectivity index (χ2n) is 6.21. The van der Waals surface area contributed by atoms with Gasteiger partial charge in [-0.2, -0.15) is 0 Å². The molecule has 144 valence electrons. The minimum Gasteiger partial charge on any atom is -0.344 e. The first-order valence-corrected chi connectivity index (χ1v) is 10.5. The molecule has 0 bridgehead atoms. The van der Waals surface area contributed by atoms with Gasteiger partial charge in [0.15, 0.2) is 0 Å². The molecule has 0 aliphatic carbocycles. The van der Waals surface area contributed by atoms with Crippen molar-refractivity contribution in [1.29, 1.82) is 0 Å². The van der Waals surface area contributed by atoms with E-state index < -0.39 is 22.6 Å². The minimum absolute atomic E-state index is 0.217. The van der Waals surface area contributed by atoms with Crippen molar-refractivity contribution in [1.82, 2.24) is 10.3 Å². The molecule has 0 spiro atoms. The number of halogens is 1. The van der Waals surface area contributed by atoms with Crippen LogP contribution in [0.15, 0.2) is 54.7 Å². The lowest BCUT2D eigenvalue weighted by Gasteiger charge is -2.08. The number of aromatic nitrogens is 1. The minimum atomic E-state index is -0.905. The van der Waals surface area contributed by atoms with Crippen molar-refractivity contribution >= 4 is 50.7 Å². The highest BCUT2D eigenvalue weighted by molar-refractivity contribution is 7.83. The highest BCUT2D eigenvalue weighted by atomic mass is 35.5. The van der Waals surface area contributed by atoms with Crippen molar-refractivity contribution in [2.24, 2.45) is 0 Å². The zero-order valence-electron chi connectivity index (χ0n) is 15.1. The van der Waals surface area contributed by atoms with Gasteiger partial charge in [-0.25, -0.2) is 4.98 Å². The Morgan fingerprint density at radius 2 is 1.75 bits per heavy atom. The molecule has 0 saturated heterocycles. The Hall–Kier alpha value is -2.77. The normalized spacial score (nSPS) is 11.8. The second kappa shape index (κ2) is 8.95. The van der Waals surface area contributed by atoms with Crippen LogP contribution < -0.4 is 10.6 Å². The van der Waals surface area contributed by atoms with Crippen LogP contribution in [0.1, 0.15) is 11.1 Å². The average molecular weight is 416 g/mol. The number of hydrogen-bond donors (Lipinski definition) is 2. The number of pyridine rings is 1. The summed E-state index contributed by atoms with van der Waals surface area (Å²) in [6.07, 6.45) is 3.25. The van der Waals surface area contributed by atoms with Crippen molar-refractivity contribution in [3.63, 3.8) is 0 Å². The van der Waals surface area contributed by atoms with Gasteiger partial charge >= 0.3 is 11.8 Å².